The second-order valence-corrected chi connectivity index (χ2v) is 8.18. The number of benzene rings is 1. The highest BCUT2D eigenvalue weighted by atomic mass is 31.2. The Morgan fingerprint density at radius 2 is 2.14 bits per heavy atom. The van der Waals surface area contributed by atoms with Crippen molar-refractivity contribution in [3.05, 3.63) is 47.8 Å². The minimum atomic E-state index is -2.59. The maximum Gasteiger partial charge on any atom is 0.323 e. The standard InChI is InChI=1S/C17H24NO3P/c1-2-3-11-21-17(19)16(14-15-9-5-4-6-10-15)18-22(20)12-7-8-13-22/h4-7,9-10,12,16H,2-3,8,11,13-14H2,1H3,(H,18,20)/t16-,22?/m0/s1. The van der Waals surface area contributed by atoms with Crippen LogP contribution in [0.15, 0.2) is 42.2 Å². The zero-order chi connectivity index (χ0) is 15.8. The maximum absolute atomic E-state index is 12.6. The first-order valence-corrected chi connectivity index (χ1v) is 9.84. The lowest BCUT2D eigenvalue weighted by Gasteiger charge is -2.21. The van der Waals surface area contributed by atoms with Crippen LogP contribution in [-0.4, -0.2) is 24.8 Å². The third-order valence-corrected chi connectivity index (χ3v) is 6.02. The molecule has 0 radical (unpaired) electrons. The van der Waals surface area contributed by atoms with E-state index in [9.17, 15) is 9.36 Å². The van der Waals surface area contributed by atoms with Gasteiger partial charge in [-0.1, -0.05) is 49.8 Å². The van der Waals surface area contributed by atoms with Crippen LogP contribution in [0, 0.1) is 0 Å². The molecule has 0 saturated heterocycles. The zero-order valence-corrected chi connectivity index (χ0v) is 13.9. The molecule has 4 nitrogen and oxygen atoms in total. The van der Waals surface area contributed by atoms with Crippen molar-refractivity contribution in [1.82, 2.24) is 5.09 Å². The number of nitrogens with one attached hydrogen (secondary N) is 1. The van der Waals surface area contributed by atoms with E-state index >= 15 is 0 Å². The predicted molar refractivity (Wildman–Crippen MR) is 89.2 cm³/mol. The number of carbonyl (C=O) groups excluding carboxylic acids is 1. The Labute approximate surface area is 132 Å². The molecule has 0 spiro atoms. The summed E-state index contributed by atoms with van der Waals surface area (Å²) in [5.41, 5.74) is 1.03. The van der Waals surface area contributed by atoms with Gasteiger partial charge in [-0.2, -0.15) is 0 Å². The number of rotatable bonds is 8. The highest BCUT2D eigenvalue weighted by Crippen LogP contribution is 2.48. The quantitative estimate of drug-likeness (QED) is 0.450. The summed E-state index contributed by atoms with van der Waals surface area (Å²) >= 11 is 0. The number of hydrogen-bond acceptors (Lipinski definition) is 3. The molecule has 1 aromatic carbocycles. The number of unbranched alkanes of at least 4 members (excludes halogenated alkanes) is 1. The molecule has 1 aliphatic rings. The molecule has 1 heterocycles. The summed E-state index contributed by atoms with van der Waals surface area (Å²) in [5, 5.41) is 3.06. The van der Waals surface area contributed by atoms with E-state index in [1.165, 1.54) is 0 Å². The fourth-order valence-corrected chi connectivity index (χ4v) is 4.52. The highest BCUT2D eigenvalue weighted by Gasteiger charge is 2.30. The molecule has 0 saturated carbocycles. The van der Waals surface area contributed by atoms with Gasteiger partial charge in [-0.05, 0) is 30.6 Å². The summed E-state index contributed by atoms with van der Waals surface area (Å²) in [6, 6.07) is 9.18. The van der Waals surface area contributed by atoms with E-state index in [0.717, 1.165) is 24.8 Å². The molecule has 0 aromatic heterocycles. The van der Waals surface area contributed by atoms with Gasteiger partial charge in [-0.15, -0.1) is 0 Å². The largest absolute Gasteiger partial charge is 0.465 e. The Morgan fingerprint density at radius 3 is 2.77 bits per heavy atom. The van der Waals surface area contributed by atoms with E-state index in [1.807, 2.05) is 36.4 Å². The third kappa shape index (κ3) is 5.11. The molecule has 120 valence electrons. The Morgan fingerprint density at radius 1 is 1.36 bits per heavy atom. The van der Waals surface area contributed by atoms with Crippen LogP contribution >= 0.6 is 7.29 Å². The average molecular weight is 321 g/mol. The van der Waals surface area contributed by atoms with E-state index in [4.69, 9.17) is 4.74 Å². The summed E-state index contributed by atoms with van der Waals surface area (Å²) in [6.45, 7) is 2.47. The van der Waals surface area contributed by atoms with Crippen molar-refractivity contribution in [3.63, 3.8) is 0 Å². The van der Waals surface area contributed by atoms with Gasteiger partial charge in [0, 0.05) is 6.16 Å². The summed E-state index contributed by atoms with van der Waals surface area (Å²) in [5.74, 6) is 1.41. The molecule has 1 N–H and O–H groups in total. The fourth-order valence-electron chi connectivity index (χ4n) is 2.41. The van der Waals surface area contributed by atoms with Gasteiger partial charge in [-0.25, -0.2) is 5.09 Å². The van der Waals surface area contributed by atoms with Crippen LogP contribution in [0.2, 0.25) is 0 Å². The Bertz CT molecular complexity index is 556. The molecule has 0 amide bonds. The molecule has 1 aliphatic heterocycles. The van der Waals surface area contributed by atoms with Crippen molar-refractivity contribution >= 4 is 13.3 Å². The first-order chi connectivity index (χ1) is 10.6. The van der Waals surface area contributed by atoms with Gasteiger partial charge < -0.3 is 9.30 Å². The fraction of sp³-hybridized carbons (Fsp3) is 0.471. The van der Waals surface area contributed by atoms with Crippen molar-refractivity contribution in [2.24, 2.45) is 0 Å². The van der Waals surface area contributed by atoms with Gasteiger partial charge >= 0.3 is 5.97 Å². The molecule has 2 atom stereocenters. The molecule has 0 aliphatic carbocycles. The Kier molecular flexibility index (Phi) is 6.41. The van der Waals surface area contributed by atoms with Gasteiger partial charge in [0.05, 0.1) is 6.61 Å². The molecular formula is C17H24NO3P. The zero-order valence-electron chi connectivity index (χ0n) is 13.0. The van der Waals surface area contributed by atoms with Crippen molar-refractivity contribution in [2.45, 2.75) is 38.6 Å². The van der Waals surface area contributed by atoms with Crippen LogP contribution in [0.1, 0.15) is 31.7 Å². The van der Waals surface area contributed by atoms with Crippen molar-refractivity contribution in [3.8, 4) is 0 Å². The second kappa shape index (κ2) is 8.30. The Balaban J connectivity index is 2.04. The number of ether oxygens (including phenoxy) is 1. The summed E-state index contributed by atoms with van der Waals surface area (Å²) < 4.78 is 18.0. The van der Waals surface area contributed by atoms with Crippen LogP contribution in [0.5, 0.6) is 0 Å². The van der Waals surface area contributed by atoms with Crippen molar-refractivity contribution < 1.29 is 14.1 Å². The van der Waals surface area contributed by atoms with Crippen LogP contribution in [0.25, 0.3) is 0 Å². The normalized spacial score (nSPS) is 21.7. The number of carbonyl (C=O) groups is 1. The second-order valence-electron chi connectivity index (χ2n) is 5.59. The van der Waals surface area contributed by atoms with Crippen molar-refractivity contribution in [1.29, 1.82) is 0 Å². The molecule has 5 heteroatoms. The van der Waals surface area contributed by atoms with Crippen molar-refractivity contribution in [2.75, 3.05) is 12.8 Å². The van der Waals surface area contributed by atoms with E-state index in [-0.39, 0.29) is 5.97 Å². The molecule has 2 rings (SSSR count). The van der Waals surface area contributed by atoms with E-state index in [1.54, 1.807) is 5.82 Å². The van der Waals surface area contributed by atoms with Gasteiger partial charge in [0.1, 0.15) is 6.04 Å². The molecule has 0 bridgehead atoms. The lowest BCUT2D eigenvalue weighted by molar-refractivity contribution is -0.145. The molecule has 1 aromatic rings. The first kappa shape index (κ1) is 17.0. The van der Waals surface area contributed by atoms with Crippen LogP contribution in [0.3, 0.4) is 0 Å². The van der Waals surface area contributed by atoms with E-state index < -0.39 is 13.3 Å². The third-order valence-electron chi connectivity index (χ3n) is 3.66. The molecule has 0 fully saturated rings. The Hall–Kier alpha value is -1.38. The molecule has 1 unspecified atom stereocenters. The van der Waals surface area contributed by atoms with Crippen LogP contribution in [-0.2, 0) is 20.5 Å². The average Bonchev–Trinajstić information content (AvgIpc) is 2.94. The predicted octanol–water partition coefficient (Wildman–Crippen LogP) is 3.73. The minimum Gasteiger partial charge on any atom is -0.465 e. The van der Waals surface area contributed by atoms with E-state index in [0.29, 0.717) is 19.2 Å². The van der Waals surface area contributed by atoms with Crippen LogP contribution in [0.4, 0.5) is 0 Å². The van der Waals surface area contributed by atoms with E-state index in [2.05, 4.69) is 12.0 Å². The highest BCUT2D eigenvalue weighted by molar-refractivity contribution is 7.65. The van der Waals surface area contributed by atoms with Crippen LogP contribution < -0.4 is 5.09 Å². The SMILES string of the molecule is CCCCOC(=O)[C@H](Cc1ccccc1)NP1(=O)C=CCC1. The smallest absolute Gasteiger partial charge is 0.323 e. The summed E-state index contributed by atoms with van der Waals surface area (Å²) in [4.78, 5) is 12.3. The van der Waals surface area contributed by atoms with Gasteiger partial charge in [0.15, 0.2) is 7.29 Å². The van der Waals surface area contributed by atoms with Gasteiger partial charge in [-0.3, -0.25) is 4.79 Å². The monoisotopic (exact) mass is 321 g/mol. The molecular weight excluding hydrogens is 297 g/mol. The minimum absolute atomic E-state index is 0.312. The van der Waals surface area contributed by atoms with Gasteiger partial charge in [0.2, 0.25) is 0 Å². The molecule has 22 heavy (non-hydrogen) atoms. The maximum atomic E-state index is 12.6. The number of hydrogen-bond donors (Lipinski definition) is 1. The number of allylic oxidation sites excluding steroid dienone is 1. The van der Waals surface area contributed by atoms with Gasteiger partial charge in [0.25, 0.3) is 0 Å². The first-order valence-electron chi connectivity index (χ1n) is 7.88. The lowest BCUT2D eigenvalue weighted by Crippen LogP contribution is -2.38. The number of esters is 1. The summed E-state index contributed by atoms with van der Waals surface area (Å²) in [6.07, 6.45) is 5.61. The summed E-state index contributed by atoms with van der Waals surface area (Å²) in [7, 11) is -2.59. The lowest BCUT2D eigenvalue weighted by atomic mass is 10.1. The topological polar surface area (TPSA) is 55.4 Å².